The number of nitrogens with zero attached hydrogens (tertiary/aromatic N) is 2. The zero-order valence-corrected chi connectivity index (χ0v) is 8.53. The van der Waals surface area contributed by atoms with Gasteiger partial charge in [-0.15, -0.1) is 0 Å². The van der Waals surface area contributed by atoms with E-state index < -0.39 is 0 Å². The highest BCUT2D eigenvalue weighted by Gasteiger charge is 2.05. The second kappa shape index (κ2) is 4.72. The molecule has 1 aromatic heterocycles. The van der Waals surface area contributed by atoms with Crippen LogP contribution in [-0.4, -0.2) is 36.3 Å². The van der Waals surface area contributed by atoms with E-state index in [1.165, 1.54) is 0 Å². The summed E-state index contributed by atoms with van der Waals surface area (Å²) >= 11 is 0. The predicted molar refractivity (Wildman–Crippen MR) is 55.9 cm³/mol. The zero-order chi connectivity index (χ0) is 10.6. The van der Waals surface area contributed by atoms with Gasteiger partial charge in [-0.2, -0.15) is 0 Å². The lowest BCUT2D eigenvalue weighted by Gasteiger charge is -2.08. The molecule has 0 aromatic carbocycles. The number of hydrogen-bond donors (Lipinski definition) is 1. The van der Waals surface area contributed by atoms with E-state index in [0.717, 1.165) is 5.56 Å². The van der Waals surface area contributed by atoms with Crippen molar-refractivity contribution < 1.29 is 4.79 Å². The maximum atomic E-state index is 11.4. The average molecular weight is 193 g/mol. The van der Waals surface area contributed by atoms with Crippen LogP contribution >= 0.6 is 0 Å². The molecule has 0 spiro atoms. The summed E-state index contributed by atoms with van der Waals surface area (Å²) in [7, 11) is 3.75. The third kappa shape index (κ3) is 3.53. The number of carbonyl (C=O) groups excluding carboxylic acids is 1. The van der Waals surface area contributed by atoms with Crippen LogP contribution < -0.4 is 5.73 Å². The lowest BCUT2D eigenvalue weighted by atomic mass is 10.1. The van der Waals surface area contributed by atoms with Crippen molar-refractivity contribution in [3.8, 4) is 0 Å². The molecule has 0 aliphatic rings. The van der Waals surface area contributed by atoms with Gasteiger partial charge in [-0.05, 0) is 31.8 Å². The van der Waals surface area contributed by atoms with Crippen molar-refractivity contribution in [1.29, 1.82) is 0 Å². The number of aromatic nitrogens is 1. The summed E-state index contributed by atoms with van der Waals surface area (Å²) in [6, 6.07) is 3.54. The van der Waals surface area contributed by atoms with Crippen molar-refractivity contribution in [1.82, 2.24) is 9.88 Å². The molecule has 0 aliphatic carbocycles. The maximum Gasteiger partial charge on any atom is 0.151 e. The number of anilines is 1. The fourth-order valence-electron chi connectivity index (χ4n) is 1.24. The van der Waals surface area contributed by atoms with Gasteiger partial charge in [-0.1, -0.05) is 0 Å². The smallest absolute Gasteiger partial charge is 0.151 e. The second-order valence-electron chi connectivity index (χ2n) is 3.54. The predicted octanol–water partition coefficient (Wildman–Crippen LogP) is 0.337. The van der Waals surface area contributed by atoms with Crippen LogP contribution in [0.1, 0.15) is 5.56 Å². The lowest BCUT2D eigenvalue weighted by Crippen LogP contribution is -2.22. The van der Waals surface area contributed by atoms with E-state index in [4.69, 9.17) is 5.73 Å². The van der Waals surface area contributed by atoms with Crippen molar-refractivity contribution in [3.63, 3.8) is 0 Å². The summed E-state index contributed by atoms with van der Waals surface area (Å²) in [4.78, 5) is 17.1. The molecule has 0 aliphatic heterocycles. The quantitative estimate of drug-likeness (QED) is 0.749. The molecule has 76 valence electrons. The van der Waals surface area contributed by atoms with E-state index in [9.17, 15) is 4.79 Å². The van der Waals surface area contributed by atoms with E-state index >= 15 is 0 Å². The van der Waals surface area contributed by atoms with Gasteiger partial charge < -0.3 is 10.6 Å². The third-order valence-electron chi connectivity index (χ3n) is 1.74. The minimum absolute atomic E-state index is 0.181. The van der Waals surface area contributed by atoms with Crippen molar-refractivity contribution in [2.45, 2.75) is 6.42 Å². The standard InChI is InChI=1S/C10H15N3O/c1-13(2)7-9(14)5-8-3-4-12-10(11)6-8/h3-4,6H,5,7H2,1-2H3,(H2,11,12). The average Bonchev–Trinajstić information content (AvgIpc) is 2.01. The van der Waals surface area contributed by atoms with Gasteiger partial charge in [0.05, 0.1) is 6.54 Å². The van der Waals surface area contributed by atoms with Crippen LogP contribution in [0.25, 0.3) is 0 Å². The fraction of sp³-hybridized carbons (Fsp3) is 0.400. The number of likely N-dealkylation sites (N-methyl/N-ethyl adjacent to an activating group) is 1. The molecule has 1 heterocycles. The van der Waals surface area contributed by atoms with Gasteiger partial charge in [0.2, 0.25) is 0 Å². The van der Waals surface area contributed by atoms with Crippen molar-refractivity contribution in [2.24, 2.45) is 0 Å². The normalized spacial score (nSPS) is 10.5. The number of rotatable bonds is 4. The zero-order valence-electron chi connectivity index (χ0n) is 8.53. The molecule has 0 saturated heterocycles. The molecule has 0 bridgehead atoms. The molecular weight excluding hydrogens is 178 g/mol. The van der Waals surface area contributed by atoms with E-state index in [-0.39, 0.29) is 5.78 Å². The Morgan fingerprint density at radius 2 is 2.29 bits per heavy atom. The number of Topliss-reactive ketones (excluding diaryl/α,β-unsaturated/α-hetero) is 1. The Morgan fingerprint density at radius 3 is 2.86 bits per heavy atom. The van der Waals surface area contributed by atoms with Crippen LogP contribution in [0.4, 0.5) is 5.82 Å². The summed E-state index contributed by atoms with van der Waals surface area (Å²) in [6.07, 6.45) is 2.04. The number of nitrogen functional groups attached to an aromatic ring is 1. The summed E-state index contributed by atoms with van der Waals surface area (Å²) in [5, 5.41) is 0. The Morgan fingerprint density at radius 1 is 1.57 bits per heavy atom. The number of carbonyl (C=O) groups is 1. The van der Waals surface area contributed by atoms with Crippen LogP contribution in [0.5, 0.6) is 0 Å². The molecule has 1 rings (SSSR count). The van der Waals surface area contributed by atoms with Crippen molar-refractivity contribution in [2.75, 3.05) is 26.4 Å². The lowest BCUT2D eigenvalue weighted by molar-refractivity contribution is -0.119. The highest BCUT2D eigenvalue weighted by Crippen LogP contribution is 2.04. The van der Waals surface area contributed by atoms with E-state index in [0.29, 0.717) is 18.8 Å². The van der Waals surface area contributed by atoms with Gasteiger partial charge in [0.15, 0.2) is 5.78 Å². The van der Waals surface area contributed by atoms with Crippen LogP contribution in [-0.2, 0) is 11.2 Å². The Bertz CT molecular complexity index is 323. The van der Waals surface area contributed by atoms with Crippen molar-refractivity contribution >= 4 is 11.6 Å². The first-order valence-electron chi connectivity index (χ1n) is 4.45. The minimum Gasteiger partial charge on any atom is -0.384 e. The maximum absolute atomic E-state index is 11.4. The van der Waals surface area contributed by atoms with Gasteiger partial charge in [-0.25, -0.2) is 4.98 Å². The number of ketones is 1. The first kappa shape index (κ1) is 10.7. The summed E-state index contributed by atoms with van der Waals surface area (Å²) in [6.45, 7) is 0.461. The molecule has 4 nitrogen and oxygen atoms in total. The van der Waals surface area contributed by atoms with Gasteiger partial charge in [0, 0.05) is 12.6 Å². The van der Waals surface area contributed by atoms with Gasteiger partial charge >= 0.3 is 0 Å². The number of nitrogens with two attached hydrogens (primary N) is 1. The first-order valence-corrected chi connectivity index (χ1v) is 4.45. The molecule has 0 fully saturated rings. The Kier molecular flexibility index (Phi) is 3.59. The fourth-order valence-corrected chi connectivity index (χ4v) is 1.24. The molecule has 2 N–H and O–H groups in total. The molecule has 0 atom stereocenters. The number of pyridine rings is 1. The molecule has 14 heavy (non-hydrogen) atoms. The summed E-state index contributed by atoms with van der Waals surface area (Å²) in [5.41, 5.74) is 6.42. The molecule has 0 saturated carbocycles. The minimum atomic E-state index is 0.181. The topological polar surface area (TPSA) is 59.2 Å². The van der Waals surface area contributed by atoms with Crippen LogP contribution in [0.3, 0.4) is 0 Å². The van der Waals surface area contributed by atoms with Gasteiger partial charge in [0.1, 0.15) is 5.82 Å². The van der Waals surface area contributed by atoms with Crippen molar-refractivity contribution in [3.05, 3.63) is 23.9 Å². The Balaban J connectivity index is 2.56. The highest BCUT2D eigenvalue weighted by molar-refractivity contribution is 5.82. The SMILES string of the molecule is CN(C)CC(=O)Cc1ccnc(N)c1. The monoisotopic (exact) mass is 193 g/mol. The van der Waals surface area contributed by atoms with Crippen LogP contribution in [0.15, 0.2) is 18.3 Å². The first-order chi connectivity index (χ1) is 6.58. The molecule has 1 aromatic rings. The van der Waals surface area contributed by atoms with Gasteiger partial charge in [0.25, 0.3) is 0 Å². The molecule has 0 amide bonds. The summed E-state index contributed by atoms with van der Waals surface area (Å²) < 4.78 is 0. The van der Waals surface area contributed by atoms with E-state index in [1.54, 1.807) is 12.3 Å². The molecule has 0 radical (unpaired) electrons. The Hall–Kier alpha value is -1.42. The second-order valence-corrected chi connectivity index (χ2v) is 3.54. The number of hydrogen-bond acceptors (Lipinski definition) is 4. The Labute approximate surface area is 83.7 Å². The summed E-state index contributed by atoms with van der Waals surface area (Å²) in [5.74, 6) is 0.640. The van der Waals surface area contributed by atoms with Gasteiger partial charge in [-0.3, -0.25) is 4.79 Å². The largest absolute Gasteiger partial charge is 0.384 e. The third-order valence-corrected chi connectivity index (χ3v) is 1.74. The van der Waals surface area contributed by atoms with Crippen LogP contribution in [0.2, 0.25) is 0 Å². The molecule has 0 unspecified atom stereocenters. The van der Waals surface area contributed by atoms with E-state index in [1.807, 2.05) is 25.1 Å². The molecular formula is C10H15N3O. The highest BCUT2D eigenvalue weighted by atomic mass is 16.1. The molecule has 4 heteroatoms. The van der Waals surface area contributed by atoms with Crippen LogP contribution in [0, 0.1) is 0 Å². The van der Waals surface area contributed by atoms with E-state index in [2.05, 4.69) is 4.98 Å².